The number of nitrogens with one attached hydrogen (secondary N) is 1. The smallest absolute Gasteiger partial charge is 0.416 e. The van der Waals surface area contributed by atoms with Crippen molar-refractivity contribution in [3.05, 3.63) is 59.2 Å². The Morgan fingerprint density at radius 3 is 2.54 bits per heavy atom. The molecule has 0 bridgehead atoms. The lowest BCUT2D eigenvalue weighted by molar-refractivity contribution is -0.139. The van der Waals surface area contributed by atoms with Gasteiger partial charge in [-0.2, -0.15) is 13.2 Å². The van der Waals surface area contributed by atoms with Crippen molar-refractivity contribution >= 4 is 5.91 Å². The van der Waals surface area contributed by atoms with Gasteiger partial charge in [0, 0.05) is 12.1 Å². The summed E-state index contributed by atoms with van der Waals surface area (Å²) in [6.07, 6.45) is -6.08. The molecule has 0 aliphatic carbocycles. The van der Waals surface area contributed by atoms with Gasteiger partial charge in [-0.15, -0.1) is 0 Å². The van der Waals surface area contributed by atoms with E-state index in [0.29, 0.717) is 24.7 Å². The minimum Gasteiger partial charge on any atom is -0.486 e. The van der Waals surface area contributed by atoms with Crippen LogP contribution in [0.25, 0.3) is 0 Å². The summed E-state index contributed by atoms with van der Waals surface area (Å²) in [5.41, 5.74) is -0.964. The summed E-state index contributed by atoms with van der Waals surface area (Å²) in [6.45, 7) is 0.425. The molecular formula is C18H16F3NO4. The minimum atomic E-state index is -4.59. The lowest BCUT2D eigenvalue weighted by Gasteiger charge is -2.19. The van der Waals surface area contributed by atoms with E-state index in [4.69, 9.17) is 9.47 Å². The predicted octanol–water partition coefficient (Wildman–Crippen LogP) is 2.94. The van der Waals surface area contributed by atoms with E-state index in [1.807, 2.05) is 0 Å². The molecule has 1 aliphatic rings. The van der Waals surface area contributed by atoms with Crippen molar-refractivity contribution in [3.63, 3.8) is 0 Å². The van der Waals surface area contributed by atoms with E-state index in [9.17, 15) is 23.1 Å². The van der Waals surface area contributed by atoms with Crippen LogP contribution in [0, 0.1) is 0 Å². The maximum atomic E-state index is 13.0. The quantitative estimate of drug-likeness (QED) is 0.872. The first kappa shape index (κ1) is 18.1. The molecule has 1 amide bonds. The van der Waals surface area contributed by atoms with Crippen molar-refractivity contribution in [1.82, 2.24) is 5.32 Å². The summed E-state index contributed by atoms with van der Waals surface area (Å²) in [5, 5.41) is 12.5. The number of carbonyl (C=O) groups excluding carboxylic acids is 1. The van der Waals surface area contributed by atoms with Gasteiger partial charge in [0.15, 0.2) is 11.5 Å². The number of halogens is 3. The van der Waals surface area contributed by atoms with Crippen molar-refractivity contribution in [2.75, 3.05) is 19.8 Å². The number of hydrogen-bond donors (Lipinski definition) is 2. The highest BCUT2D eigenvalue weighted by Gasteiger charge is 2.34. The summed E-state index contributed by atoms with van der Waals surface area (Å²) in [7, 11) is 0. The second-order valence-corrected chi connectivity index (χ2v) is 5.67. The van der Waals surface area contributed by atoms with E-state index in [2.05, 4.69) is 5.32 Å². The van der Waals surface area contributed by atoms with Crippen LogP contribution in [-0.4, -0.2) is 30.8 Å². The second kappa shape index (κ2) is 7.25. The molecule has 2 aromatic rings. The fourth-order valence-electron chi connectivity index (χ4n) is 2.63. The van der Waals surface area contributed by atoms with Gasteiger partial charge >= 0.3 is 6.18 Å². The van der Waals surface area contributed by atoms with Crippen LogP contribution in [0.2, 0.25) is 0 Å². The molecule has 5 nitrogen and oxygen atoms in total. The number of carbonyl (C=O) groups is 1. The molecule has 0 radical (unpaired) electrons. The third-order valence-corrected chi connectivity index (χ3v) is 3.89. The van der Waals surface area contributed by atoms with Gasteiger partial charge in [-0.05, 0) is 29.8 Å². The molecule has 0 spiro atoms. The van der Waals surface area contributed by atoms with E-state index in [0.717, 1.165) is 6.07 Å². The predicted molar refractivity (Wildman–Crippen MR) is 86.2 cm³/mol. The molecule has 3 rings (SSSR count). The Bertz CT molecular complexity index is 807. The van der Waals surface area contributed by atoms with Crippen LogP contribution in [0.3, 0.4) is 0 Å². The Balaban J connectivity index is 1.68. The number of aliphatic hydroxyl groups excluding tert-OH is 1. The average molecular weight is 367 g/mol. The lowest BCUT2D eigenvalue weighted by atomic mass is 10.0. The largest absolute Gasteiger partial charge is 0.486 e. The zero-order chi connectivity index (χ0) is 18.7. The number of rotatable bonds is 4. The molecule has 1 aliphatic heterocycles. The van der Waals surface area contributed by atoms with E-state index in [1.54, 1.807) is 6.07 Å². The topological polar surface area (TPSA) is 67.8 Å². The third kappa shape index (κ3) is 3.91. The van der Waals surface area contributed by atoms with Crippen molar-refractivity contribution in [1.29, 1.82) is 0 Å². The van der Waals surface area contributed by atoms with E-state index >= 15 is 0 Å². The molecule has 2 N–H and O–H groups in total. The van der Waals surface area contributed by atoms with E-state index in [1.165, 1.54) is 30.3 Å². The second-order valence-electron chi connectivity index (χ2n) is 5.67. The molecule has 26 heavy (non-hydrogen) atoms. The Kier molecular flexibility index (Phi) is 5.03. The molecular weight excluding hydrogens is 351 g/mol. The number of amides is 1. The van der Waals surface area contributed by atoms with Crippen LogP contribution in [0.15, 0.2) is 42.5 Å². The Morgan fingerprint density at radius 2 is 1.81 bits per heavy atom. The van der Waals surface area contributed by atoms with Gasteiger partial charge in [0.05, 0.1) is 11.7 Å². The lowest BCUT2D eigenvalue weighted by Crippen LogP contribution is -2.29. The minimum absolute atomic E-state index is 0.255. The molecule has 0 saturated carbocycles. The Labute approximate surface area is 147 Å². The summed E-state index contributed by atoms with van der Waals surface area (Å²) >= 11 is 0. The maximum absolute atomic E-state index is 13.0. The summed E-state index contributed by atoms with van der Waals surface area (Å²) < 4.78 is 49.8. The number of alkyl halides is 3. The number of fused-ring (bicyclic) bond motifs is 1. The highest BCUT2D eigenvalue weighted by Crippen LogP contribution is 2.34. The standard InChI is InChI=1S/C18H16F3NO4/c19-18(20,21)13-4-2-1-3-12(13)14(23)10-22-17(24)11-5-6-15-16(9-11)26-8-7-25-15/h1-6,9,14,23H,7-8,10H2,(H,22,24)/t14-/m1/s1. The molecule has 0 saturated heterocycles. The molecule has 1 heterocycles. The van der Waals surface area contributed by atoms with Crippen molar-refractivity contribution in [3.8, 4) is 11.5 Å². The summed E-state index contributed by atoms with van der Waals surface area (Å²) in [4.78, 5) is 12.2. The first-order chi connectivity index (χ1) is 12.4. The van der Waals surface area contributed by atoms with Crippen LogP contribution in [-0.2, 0) is 6.18 Å². The Morgan fingerprint density at radius 1 is 1.12 bits per heavy atom. The zero-order valence-electron chi connectivity index (χ0n) is 13.5. The van der Waals surface area contributed by atoms with Crippen LogP contribution >= 0.6 is 0 Å². The van der Waals surface area contributed by atoms with E-state index in [-0.39, 0.29) is 17.7 Å². The van der Waals surface area contributed by atoms with Crippen molar-refractivity contribution in [2.24, 2.45) is 0 Å². The molecule has 0 aromatic heterocycles. The molecule has 2 aromatic carbocycles. The summed E-state index contributed by atoms with van der Waals surface area (Å²) in [5.74, 6) is 0.407. The summed E-state index contributed by atoms with van der Waals surface area (Å²) in [6, 6.07) is 9.30. The van der Waals surface area contributed by atoms with Gasteiger partial charge in [-0.25, -0.2) is 0 Å². The van der Waals surface area contributed by atoms with Gasteiger partial charge in [0.25, 0.3) is 5.91 Å². The molecule has 138 valence electrons. The van der Waals surface area contributed by atoms with Gasteiger partial charge in [-0.1, -0.05) is 18.2 Å². The zero-order valence-corrected chi connectivity index (χ0v) is 13.5. The first-order valence-electron chi connectivity index (χ1n) is 7.88. The van der Waals surface area contributed by atoms with Crippen molar-refractivity contribution < 1.29 is 32.5 Å². The molecule has 0 fully saturated rings. The molecule has 1 atom stereocenters. The van der Waals surface area contributed by atoms with Crippen molar-refractivity contribution in [2.45, 2.75) is 12.3 Å². The molecule has 8 heteroatoms. The van der Waals surface area contributed by atoms with Crippen LogP contribution in [0.5, 0.6) is 11.5 Å². The number of hydrogen-bond acceptors (Lipinski definition) is 4. The fraction of sp³-hybridized carbons (Fsp3) is 0.278. The SMILES string of the molecule is O=C(NC[C@@H](O)c1ccccc1C(F)(F)F)c1ccc2c(c1)OCCO2. The Hall–Kier alpha value is -2.74. The highest BCUT2D eigenvalue weighted by molar-refractivity contribution is 5.94. The first-order valence-corrected chi connectivity index (χ1v) is 7.88. The van der Waals surface area contributed by atoms with Crippen LogP contribution < -0.4 is 14.8 Å². The van der Waals surface area contributed by atoms with E-state index < -0.39 is 23.8 Å². The average Bonchev–Trinajstić information content (AvgIpc) is 2.64. The monoisotopic (exact) mass is 367 g/mol. The number of aliphatic hydroxyl groups is 1. The van der Waals surface area contributed by atoms with Gasteiger partial charge in [0.2, 0.25) is 0 Å². The third-order valence-electron chi connectivity index (χ3n) is 3.89. The van der Waals surface area contributed by atoms with Crippen LogP contribution in [0.4, 0.5) is 13.2 Å². The highest BCUT2D eigenvalue weighted by atomic mass is 19.4. The van der Waals surface area contributed by atoms with Gasteiger partial charge in [0.1, 0.15) is 13.2 Å². The van der Waals surface area contributed by atoms with Crippen LogP contribution in [0.1, 0.15) is 27.6 Å². The maximum Gasteiger partial charge on any atom is 0.416 e. The van der Waals surface area contributed by atoms with Gasteiger partial charge in [-0.3, -0.25) is 4.79 Å². The number of benzene rings is 2. The number of ether oxygens (including phenoxy) is 2. The normalized spacial score (nSPS) is 14.6. The fourth-order valence-corrected chi connectivity index (χ4v) is 2.63. The van der Waals surface area contributed by atoms with Gasteiger partial charge < -0.3 is 19.9 Å². The molecule has 0 unspecified atom stereocenters.